The van der Waals surface area contributed by atoms with E-state index in [1.54, 1.807) is 19.1 Å². The number of aryl methyl sites for hydroxylation is 1. The molecule has 132 valence electrons. The normalized spacial score (nSPS) is 11.9. The number of carbonyl (C=O) groups is 1. The molecule has 25 heavy (non-hydrogen) atoms. The van der Waals surface area contributed by atoms with Gasteiger partial charge in [-0.2, -0.15) is 0 Å². The molecule has 0 spiro atoms. The summed E-state index contributed by atoms with van der Waals surface area (Å²) in [6.45, 7) is 6.02. The third-order valence-corrected chi connectivity index (χ3v) is 4.74. The van der Waals surface area contributed by atoms with Crippen molar-refractivity contribution in [3.63, 3.8) is 0 Å². The largest absolute Gasteiger partial charge is 0.322 e. The van der Waals surface area contributed by atoms with Crippen molar-refractivity contribution in [1.29, 1.82) is 0 Å². The molecule has 0 bridgehead atoms. The summed E-state index contributed by atoms with van der Waals surface area (Å²) in [5, 5.41) is 7.80. The Labute approximate surface area is 148 Å². The maximum absolute atomic E-state index is 12.1. The fourth-order valence-electron chi connectivity index (χ4n) is 2.25. The van der Waals surface area contributed by atoms with Crippen molar-refractivity contribution in [2.45, 2.75) is 31.6 Å². The summed E-state index contributed by atoms with van der Waals surface area (Å²) in [7, 11) is -3.81. The summed E-state index contributed by atoms with van der Waals surface area (Å²) in [5.41, 5.74) is 3.30. The predicted octanol–water partition coefficient (Wildman–Crippen LogP) is 3.42. The average Bonchev–Trinajstić information content (AvgIpc) is 2.54. The van der Waals surface area contributed by atoms with E-state index in [1.165, 1.54) is 23.8 Å². The van der Waals surface area contributed by atoms with Crippen LogP contribution in [-0.4, -0.2) is 14.3 Å². The number of hydrogen-bond donors (Lipinski definition) is 2. The fourth-order valence-corrected chi connectivity index (χ4v) is 2.79. The van der Waals surface area contributed by atoms with Crippen LogP contribution < -0.4 is 10.5 Å². The van der Waals surface area contributed by atoms with Gasteiger partial charge in [-0.15, -0.1) is 0 Å². The van der Waals surface area contributed by atoms with Crippen molar-refractivity contribution < 1.29 is 13.2 Å². The number of carbonyl (C=O) groups excluding carboxylic acids is 1. The molecule has 0 saturated carbocycles. The predicted molar refractivity (Wildman–Crippen MR) is 101 cm³/mol. The molecule has 2 aromatic carbocycles. The molecule has 0 saturated heterocycles. The van der Waals surface area contributed by atoms with Crippen LogP contribution in [0.25, 0.3) is 6.08 Å². The molecule has 2 rings (SSSR count). The topological polar surface area (TPSA) is 89.3 Å². The van der Waals surface area contributed by atoms with Gasteiger partial charge < -0.3 is 5.32 Å². The molecule has 2 aromatic rings. The molecule has 5 nitrogen and oxygen atoms in total. The van der Waals surface area contributed by atoms with Crippen molar-refractivity contribution >= 4 is 27.7 Å². The molecule has 0 aliphatic rings. The molecule has 0 aromatic heterocycles. The third-order valence-electron chi connectivity index (χ3n) is 3.83. The highest BCUT2D eigenvalue weighted by Crippen LogP contribution is 2.20. The van der Waals surface area contributed by atoms with E-state index < -0.39 is 10.0 Å². The van der Waals surface area contributed by atoms with E-state index in [4.69, 9.17) is 5.14 Å². The Hall–Kier alpha value is -2.44. The van der Waals surface area contributed by atoms with Gasteiger partial charge in [-0.3, -0.25) is 4.79 Å². The van der Waals surface area contributed by atoms with Gasteiger partial charge in [0.2, 0.25) is 15.9 Å². The SMILES string of the molecule is Cc1ccc(S(N)(=O)=O)cc1NC(=O)C=Cc1ccc(C(C)C)cc1. The third kappa shape index (κ3) is 5.27. The number of nitrogens with two attached hydrogens (primary N) is 1. The second-order valence-corrected chi connectivity index (χ2v) is 7.73. The molecule has 0 unspecified atom stereocenters. The molecule has 6 heteroatoms. The summed E-state index contributed by atoms with van der Waals surface area (Å²) in [5.74, 6) is 0.109. The molecule has 0 fully saturated rings. The van der Waals surface area contributed by atoms with E-state index in [1.807, 2.05) is 24.3 Å². The van der Waals surface area contributed by atoms with Gasteiger partial charge in [-0.05, 0) is 47.7 Å². The molecular formula is C19H22N2O3S. The van der Waals surface area contributed by atoms with E-state index in [2.05, 4.69) is 19.2 Å². The highest BCUT2D eigenvalue weighted by molar-refractivity contribution is 7.89. The standard InChI is InChI=1S/C19H22N2O3S/c1-13(2)16-8-5-15(6-9-16)7-11-19(22)21-18-12-17(25(20,23)24)10-4-14(18)3/h4-13H,1-3H3,(H,21,22)(H2,20,23,24). The van der Waals surface area contributed by atoms with Gasteiger partial charge in [-0.25, -0.2) is 13.6 Å². The lowest BCUT2D eigenvalue weighted by Gasteiger charge is -2.08. The highest BCUT2D eigenvalue weighted by Gasteiger charge is 2.11. The van der Waals surface area contributed by atoms with Crippen LogP contribution in [0.1, 0.15) is 36.5 Å². The van der Waals surface area contributed by atoms with Crippen molar-refractivity contribution in [2.75, 3.05) is 5.32 Å². The molecule has 0 aliphatic heterocycles. The van der Waals surface area contributed by atoms with Gasteiger partial charge >= 0.3 is 0 Å². The van der Waals surface area contributed by atoms with Gasteiger partial charge in [0, 0.05) is 11.8 Å². The zero-order chi connectivity index (χ0) is 18.6. The maximum atomic E-state index is 12.1. The number of anilines is 1. The fraction of sp³-hybridized carbons (Fsp3) is 0.211. The van der Waals surface area contributed by atoms with E-state index in [0.29, 0.717) is 11.6 Å². The van der Waals surface area contributed by atoms with Crippen LogP contribution in [0.4, 0.5) is 5.69 Å². The van der Waals surface area contributed by atoms with E-state index in [-0.39, 0.29) is 10.8 Å². The molecule has 0 radical (unpaired) electrons. The molecule has 3 N–H and O–H groups in total. The van der Waals surface area contributed by atoms with E-state index >= 15 is 0 Å². The first-order chi connectivity index (χ1) is 11.7. The van der Waals surface area contributed by atoms with Crippen LogP contribution in [0.2, 0.25) is 0 Å². The number of amides is 1. The monoisotopic (exact) mass is 358 g/mol. The Bertz CT molecular complexity index is 899. The summed E-state index contributed by atoms with van der Waals surface area (Å²) in [6.07, 6.45) is 3.12. The first kappa shape index (κ1) is 18.9. The lowest BCUT2D eigenvalue weighted by atomic mass is 10.0. The second kappa shape index (κ2) is 7.63. The van der Waals surface area contributed by atoms with Crippen LogP contribution in [0.3, 0.4) is 0 Å². The van der Waals surface area contributed by atoms with Gasteiger partial charge in [-0.1, -0.05) is 44.2 Å². The zero-order valence-corrected chi connectivity index (χ0v) is 15.3. The van der Waals surface area contributed by atoms with Crippen LogP contribution in [0, 0.1) is 6.92 Å². The molecule has 1 amide bonds. The Morgan fingerprint density at radius 2 is 1.76 bits per heavy atom. The number of sulfonamides is 1. The molecular weight excluding hydrogens is 336 g/mol. The number of benzene rings is 2. The van der Waals surface area contributed by atoms with Crippen molar-refractivity contribution in [2.24, 2.45) is 5.14 Å². The summed E-state index contributed by atoms with van der Waals surface area (Å²) >= 11 is 0. The minimum absolute atomic E-state index is 0.0401. The summed E-state index contributed by atoms with van der Waals surface area (Å²) in [4.78, 5) is 12.1. The number of nitrogens with one attached hydrogen (secondary N) is 1. The smallest absolute Gasteiger partial charge is 0.248 e. The van der Waals surface area contributed by atoms with E-state index in [9.17, 15) is 13.2 Å². The summed E-state index contributed by atoms with van der Waals surface area (Å²) < 4.78 is 22.8. The molecule has 0 atom stereocenters. The van der Waals surface area contributed by atoms with Crippen LogP contribution in [0.15, 0.2) is 53.4 Å². The quantitative estimate of drug-likeness (QED) is 0.803. The van der Waals surface area contributed by atoms with Crippen LogP contribution in [0.5, 0.6) is 0 Å². The van der Waals surface area contributed by atoms with Crippen molar-refractivity contribution in [1.82, 2.24) is 0 Å². The second-order valence-electron chi connectivity index (χ2n) is 6.17. The first-order valence-electron chi connectivity index (χ1n) is 7.89. The van der Waals surface area contributed by atoms with Gasteiger partial charge in [0.25, 0.3) is 0 Å². The zero-order valence-electron chi connectivity index (χ0n) is 14.5. The minimum Gasteiger partial charge on any atom is -0.322 e. The Morgan fingerprint density at radius 1 is 1.12 bits per heavy atom. The highest BCUT2D eigenvalue weighted by atomic mass is 32.2. The van der Waals surface area contributed by atoms with Crippen LogP contribution in [-0.2, 0) is 14.8 Å². The maximum Gasteiger partial charge on any atom is 0.248 e. The molecule has 0 aliphatic carbocycles. The average molecular weight is 358 g/mol. The van der Waals surface area contributed by atoms with Gasteiger partial charge in [0.05, 0.1) is 4.90 Å². The van der Waals surface area contributed by atoms with E-state index in [0.717, 1.165) is 11.1 Å². The van der Waals surface area contributed by atoms with Crippen molar-refractivity contribution in [3.8, 4) is 0 Å². The number of rotatable bonds is 5. The summed E-state index contributed by atoms with van der Waals surface area (Å²) in [6, 6.07) is 12.3. The number of primary sulfonamides is 1. The lowest BCUT2D eigenvalue weighted by molar-refractivity contribution is -0.111. The molecule has 0 heterocycles. The van der Waals surface area contributed by atoms with Gasteiger partial charge in [0.1, 0.15) is 0 Å². The lowest BCUT2D eigenvalue weighted by Crippen LogP contribution is -2.14. The first-order valence-corrected chi connectivity index (χ1v) is 9.44. The Balaban J connectivity index is 2.12. The Morgan fingerprint density at radius 3 is 2.32 bits per heavy atom. The van der Waals surface area contributed by atoms with Gasteiger partial charge in [0.15, 0.2) is 0 Å². The van der Waals surface area contributed by atoms with Crippen LogP contribution >= 0.6 is 0 Å². The number of hydrogen-bond acceptors (Lipinski definition) is 3. The Kier molecular flexibility index (Phi) is 5.77. The minimum atomic E-state index is -3.81. The van der Waals surface area contributed by atoms with Crippen molar-refractivity contribution in [3.05, 3.63) is 65.2 Å².